The number of quaternary nitrogens is 1. The summed E-state index contributed by atoms with van der Waals surface area (Å²) in [6, 6.07) is 8.79. The third kappa shape index (κ3) is 4.40. The van der Waals surface area contributed by atoms with E-state index in [1.54, 1.807) is 11.3 Å². The van der Waals surface area contributed by atoms with Crippen molar-refractivity contribution in [3.63, 3.8) is 0 Å². The quantitative estimate of drug-likeness (QED) is 0.717. The summed E-state index contributed by atoms with van der Waals surface area (Å²) < 4.78 is 9.49. The number of likely N-dealkylation sites (tertiary alicyclic amines) is 1. The molecule has 1 aromatic heterocycles. The molecule has 7 nitrogen and oxygen atoms in total. The summed E-state index contributed by atoms with van der Waals surface area (Å²) in [4.78, 5) is 39.0. The van der Waals surface area contributed by atoms with E-state index in [9.17, 15) is 14.4 Å². The monoisotopic (exact) mass is 403 g/mol. The second-order valence-electron chi connectivity index (χ2n) is 6.59. The van der Waals surface area contributed by atoms with Gasteiger partial charge in [-0.15, -0.1) is 11.3 Å². The van der Waals surface area contributed by atoms with E-state index in [-0.39, 0.29) is 29.3 Å². The van der Waals surface area contributed by atoms with E-state index in [2.05, 4.69) is 11.4 Å². The fourth-order valence-corrected chi connectivity index (χ4v) is 4.46. The molecule has 28 heavy (non-hydrogen) atoms. The van der Waals surface area contributed by atoms with Crippen molar-refractivity contribution in [2.75, 3.05) is 32.6 Å². The van der Waals surface area contributed by atoms with Gasteiger partial charge in [0.2, 0.25) is 0 Å². The van der Waals surface area contributed by atoms with Crippen molar-refractivity contribution in [2.24, 2.45) is 0 Å². The van der Waals surface area contributed by atoms with Crippen molar-refractivity contribution in [2.45, 2.75) is 18.9 Å². The zero-order valence-corrected chi connectivity index (χ0v) is 16.6. The first-order valence-electron chi connectivity index (χ1n) is 9.02. The molecule has 1 saturated heterocycles. The molecule has 0 spiro atoms. The molecule has 0 radical (unpaired) electrons. The SMILES string of the molecule is COC(=O)c1ccc(C(=O)OC)c(NC(=O)C[NH+]2CCC[C@H]2c2cccs2)c1. The van der Waals surface area contributed by atoms with Gasteiger partial charge in [-0.2, -0.15) is 0 Å². The first-order chi connectivity index (χ1) is 13.5. The largest absolute Gasteiger partial charge is 0.465 e. The summed E-state index contributed by atoms with van der Waals surface area (Å²) in [5.41, 5.74) is 0.677. The van der Waals surface area contributed by atoms with Gasteiger partial charge >= 0.3 is 11.9 Å². The molecule has 2 atom stereocenters. The number of amides is 1. The Morgan fingerprint density at radius 1 is 1.18 bits per heavy atom. The lowest BCUT2D eigenvalue weighted by atomic mass is 10.1. The summed E-state index contributed by atoms with van der Waals surface area (Å²) >= 11 is 1.71. The number of hydrogen-bond acceptors (Lipinski definition) is 6. The number of ether oxygens (including phenoxy) is 2. The Morgan fingerprint density at radius 2 is 1.96 bits per heavy atom. The molecule has 8 heteroatoms. The van der Waals surface area contributed by atoms with Crippen LogP contribution in [0.3, 0.4) is 0 Å². The third-order valence-electron chi connectivity index (χ3n) is 4.88. The molecule has 3 rings (SSSR count). The number of hydrogen-bond donors (Lipinski definition) is 2. The Bertz CT molecular complexity index is 865. The van der Waals surface area contributed by atoms with E-state index < -0.39 is 11.9 Å². The van der Waals surface area contributed by atoms with Gasteiger partial charge in [0, 0.05) is 12.8 Å². The molecule has 1 amide bonds. The molecule has 1 aliphatic rings. The van der Waals surface area contributed by atoms with Gasteiger partial charge in [-0.05, 0) is 29.6 Å². The molecule has 1 aliphatic heterocycles. The molecule has 0 aliphatic carbocycles. The molecule has 2 heterocycles. The molecule has 2 N–H and O–H groups in total. The van der Waals surface area contributed by atoms with Gasteiger partial charge in [0.15, 0.2) is 6.54 Å². The molecule has 1 aromatic carbocycles. The van der Waals surface area contributed by atoms with Crippen molar-refractivity contribution in [3.05, 3.63) is 51.7 Å². The molecule has 2 aromatic rings. The Morgan fingerprint density at radius 3 is 2.64 bits per heavy atom. The maximum atomic E-state index is 12.7. The predicted octanol–water partition coefficient (Wildman–Crippen LogP) is 1.68. The van der Waals surface area contributed by atoms with E-state index in [4.69, 9.17) is 9.47 Å². The van der Waals surface area contributed by atoms with Gasteiger partial charge in [0.05, 0.1) is 42.5 Å². The number of carbonyl (C=O) groups excluding carboxylic acids is 3. The van der Waals surface area contributed by atoms with Crippen LogP contribution in [0.25, 0.3) is 0 Å². The number of rotatable bonds is 6. The van der Waals surface area contributed by atoms with Crippen LogP contribution in [0, 0.1) is 0 Å². The highest BCUT2D eigenvalue weighted by molar-refractivity contribution is 7.10. The van der Waals surface area contributed by atoms with E-state index in [0.29, 0.717) is 6.04 Å². The Balaban J connectivity index is 1.76. The lowest BCUT2D eigenvalue weighted by Crippen LogP contribution is -3.11. The van der Waals surface area contributed by atoms with E-state index in [0.717, 1.165) is 19.4 Å². The highest BCUT2D eigenvalue weighted by Gasteiger charge is 2.32. The van der Waals surface area contributed by atoms with Crippen molar-refractivity contribution in [3.8, 4) is 0 Å². The number of thiophene rings is 1. The lowest BCUT2D eigenvalue weighted by molar-refractivity contribution is -0.910. The first kappa shape index (κ1) is 20.0. The second kappa shape index (κ2) is 8.99. The van der Waals surface area contributed by atoms with Crippen molar-refractivity contribution in [1.82, 2.24) is 0 Å². The lowest BCUT2D eigenvalue weighted by Gasteiger charge is -2.20. The molecule has 0 saturated carbocycles. The fourth-order valence-electron chi connectivity index (χ4n) is 3.54. The standard InChI is InChI=1S/C20H22N2O5S/c1-26-19(24)13-7-8-14(20(25)27-2)15(11-13)21-18(23)12-22-9-3-5-16(22)17-6-4-10-28-17/h4,6-8,10-11,16H,3,5,9,12H2,1-2H3,(H,21,23)/p+1/t16-/m0/s1. The fraction of sp³-hybridized carbons (Fsp3) is 0.350. The van der Waals surface area contributed by atoms with Gasteiger partial charge in [0.25, 0.3) is 5.91 Å². The average molecular weight is 403 g/mol. The van der Waals surface area contributed by atoms with Crippen LogP contribution in [-0.2, 0) is 14.3 Å². The maximum absolute atomic E-state index is 12.7. The number of anilines is 1. The van der Waals surface area contributed by atoms with Crippen LogP contribution in [0.2, 0.25) is 0 Å². The van der Waals surface area contributed by atoms with Gasteiger partial charge in [-0.3, -0.25) is 4.79 Å². The van der Waals surface area contributed by atoms with Gasteiger partial charge < -0.3 is 19.7 Å². The zero-order valence-electron chi connectivity index (χ0n) is 15.8. The molecule has 148 valence electrons. The van der Waals surface area contributed by atoms with Crippen molar-refractivity contribution in [1.29, 1.82) is 0 Å². The highest BCUT2D eigenvalue weighted by atomic mass is 32.1. The molecule has 1 unspecified atom stereocenters. The average Bonchev–Trinajstić information content (AvgIpc) is 3.38. The van der Waals surface area contributed by atoms with E-state index in [1.807, 2.05) is 11.4 Å². The Kier molecular flexibility index (Phi) is 6.43. The van der Waals surface area contributed by atoms with E-state index >= 15 is 0 Å². The van der Waals surface area contributed by atoms with E-state index in [1.165, 1.54) is 42.2 Å². The van der Waals surface area contributed by atoms with Crippen molar-refractivity contribution < 1.29 is 28.8 Å². The minimum absolute atomic E-state index is 0.190. The Labute approximate surface area is 167 Å². The highest BCUT2D eigenvalue weighted by Crippen LogP contribution is 2.23. The minimum Gasteiger partial charge on any atom is -0.465 e. The van der Waals surface area contributed by atoms with Gasteiger partial charge in [-0.1, -0.05) is 6.07 Å². The summed E-state index contributed by atoms with van der Waals surface area (Å²) in [6.45, 7) is 1.20. The van der Waals surface area contributed by atoms with Crippen LogP contribution >= 0.6 is 11.3 Å². The molecule has 1 fully saturated rings. The smallest absolute Gasteiger partial charge is 0.339 e. The van der Waals surface area contributed by atoms with Crippen LogP contribution in [0.1, 0.15) is 44.5 Å². The van der Waals surface area contributed by atoms with Gasteiger partial charge in [0.1, 0.15) is 6.04 Å². The predicted molar refractivity (Wildman–Crippen MR) is 105 cm³/mol. The van der Waals surface area contributed by atoms with Crippen molar-refractivity contribution >= 4 is 34.9 Å². The maximum Gasteiger partial charge on any atom is 0.339 e. The number of carbonyl (C=O) groups is 3. The number of methoxy groups -OCH3 is 2. The normalized spacial score (nSPS) is 18.5. The third-order valence-corrected chi connectivity index (χ3v) is 5.86. The number of nitrogens with one attached hydrogen (secondary N) is 2. The van der Waals surface area contributed by atoms with Crippen LogP contribution in [0.4, 0.5) is 5.69 Å². The number of benzene rings is 1. The molecule has 0 bridgehead atoms. The first-order valence-corrected chi connectivity index (χ1v) is 9.90. The van der Waals surface area contributed by atoms with Gasteiger partial charge in [-0.25, -0.2) is 9.59 Å². The summed E-state index contributed by atoms with van der Waals surface area (Å²) in [7, 11) is 2.54. The molecular formula is C20H23N2O5S+. The number of esters is 2. The zero-order chi connectivity index (χ0) is 20.1. The summed E-state index contributed by atoms with van der Waals surface area (Å²) in [6.07, 6.45) is 2.12. The summed E-state index contributed by atoms with van der Waals surface area (Å²) in [5.74, 6) is -1.35. The minimum atomic E-state index is -0.586. The van der Waals surface area contributed by atoms with Crippen LogP contribution in [0.5, 0.6) is 0 Å². The molecular weight excluding hydrogens is 380 g/mol. The second-order valence-corrected chi connectivity index (χ2v) is 7.57. The van der Waals surface area contributed by atoms with Crippen LogP contribution in [0.15, 0.2) is 35.7 Å². The topological polar surface area (TPSA) is 86.1 Å². The summed E-state index contributed by atoms with van der Waals surface area (Å²) in [5, 5.41) is 4.82. The van der Waals surface area contributed by atoms with Crippen LogP contribution < -0.4 is 10.2 Å². The Hall–Kier alpha value is -2.71. The van der Waals surface area contributed by atoms with Crippen LogP contribution in [-0.4, -0.2) is 45.2 Å².